The van der Waals surface area contributed by atoms with Gasteiger partial charge in [-0.2, -0.15) is 5.26 Å². The average Bonchev–Trinajstić information content (AvgIpc) is 3.29. The number of carbonyl (C=O) groups is 1. The van der Waals surface area contributed by atoms with Crippen molar-refractivity contribution >= 4 is 29.0 Å². The van der Waals surface area contributed by atoms with Crippen molar-refractivity contribution < 1.29 is 19.0 Å². The van der Waals surface area contributed by atoms with Gasteiger partial charge in [0.25, 0.3) is 11.5 Å². The van der Waals surface area contributed by atoms with Crippen LogP contribution in [0.5, 0.6) is 17.2 Å². The minimum Gasteiger partial charge on any atom is -0.497 e. The summed E-state index contributed by atoms with van der Waals surface area (Å²) in [5, 5.41) is 11.7. The highest BCUT2D eigenvalue weighted by Crippen LogP contribution is 2.37. The Balaban J connectivity index is 1.65. The number of methoxy groups -OCH3 is 2. The van der Waals surface area contributed by atoms with Gasteiger partial charge in [0.15, 0.2) is 11.4 Å². The van der Waals surface area contributed by atoms with E-state index in [9.17, 15) is 9.59 Å². The number of nitriles is 1. The van der Waals surface area contributed by atoms with Crippen LogP contribution in [0.25, 0.3) is 6.08 Å². The van der Waals surface area contributed by atoms with Crippen LogP contribution >= 0.6 is 11.3 Å². The Labute approximate surface area is 239 Å². The fraction of sp³-hybridized carbons (Fsp3) is 0.161. The third-order valence-electron chi connectivity index (χ3n) is 6.51. The molecule has 1 N–H and O–H groups in total. The predicted molar refractivity (Wildman–Crippen MR) is 156 cm³/mol. The first kappa shape index (κ1) is 27.4. The van der Waals surface area contributed by atoms with Crippen LogP contribution in [0.4, 0.5) is 5.69 Å². The first-order valence-electron chi connectivity index (χ1n) is 12.6. The van der Waals surface area contributed by atoms with Crippen molar-refractivity contribution in [3.8, 4) is 23.3 Å². The summed E-state index contributed by atoms with van der Waals surface area (Å²) in [5.74, 6) is 1.23. The zero-order valence-electron chi connectivity index (χ0n) is 22.6. The van der Waals surface area contributed by atoms with Crippen molar-refractivity contribution in [1.82, 2.24) is 4.57 Å². The summed E-state index contributed by atoms with van der Waals surface area (Å²) in [6.45, 7) is 1.71. The number of ether oxygens (including phenoxy) is 3. The van der Waals surface area contributed by atoms with E-state index in [0.717, 1.165) is 5.56 Å². The minimum absolute atomic E-state index is 0.0493. The summed E-state index contributed by atoms with van der Waals surface area (Å²) in [6, 6.07) is 22.6. The van der Waals surface area contributed by atoms with Crippen LogP contribution in [-0.2, 0) is 4.79 Å². The predicted octanol–water partition coefficient (Wildman–Crippen LogP) is 3.79. The number of para-hydroxylation sites is 1. The normalized spacial score (nSPS) is 14.5. The summed E-state index contributed by atoms with van der Waals surface area (Å²) in [7, 11) is 3.09. The fourth-order valence-corrected chi connectivity index (χ4v) is 5.64. The van der Waals surface area contributed by atoms with E-state index in [1.807, 2.05) is 24.3 Å². The summed E-state index contributed by atoms with van der Waals surface area (Å²) in [5.41, 5.74) is 2.54. The smallest absolute Gasteiger partial charge is 0.271 e. The number of anilines is 1. The van der Waals surface area contributed by atoms with Gasteiger partial charge in [-0.1, -0.05) is 41.7 Å². The number of fused-ring (bicyclic) bond motifs is 1. The quantitative estimate of drug-likeness (QED) is 0.347. The Morgan fingerprint density at radius 1 is 1.07 bits per heavy atom. The number of thiazole rings is 1. The number of rotatable bonds is 8. The van der Waals surface area contributed by atoms with Gasteiger partial charge in [0, 0.05) is 17.3 Å². The van der Waals surface area contributed by atoms with E-state index in [-0.39, 0.29) is 18.1 Å². The third-order valence-corrected chi connectivity index (χ3v) is 7.50. The van der Waals surface area contributed by atoms with E-state index >= 15 is 0 Å². The molecule has 0 saturated heterocycles. The van der Waals surface area contributed by atoms with E-state index < -0.39 is 6.04 Å². The second kappa shape index (κ2) is 11.9. The number of amides is 1. The number of hydrogen-bond donors (Lipinski definition) is 1. The van der Waals surface area contributed by atoms with Crippen molar-refractivity contribution in [2.75, 3.05) is 26.1 Å². The maximum Gasteiger partial charge on any atom is 0.271 e. The van der Waals surface area contributed by atoms with Crippen molar-refractivity contribution in [3.05, 3.63) is 115 Å². The zero-order valence-corrected chi connectivity index (χ0v) is 23.4. The maximum absolute atomic E-state index is 14.0. The number of benzene rings is 3. The van der Waals surface area contributed by atoms with E-state index in [1.54, 1.807) is 74.7 Å². The molecule has 41 heavy (non-hydrogen) atoms. The van der Waals surface area contributed by atoms with Gasteiger partial charge < -0.3 is 19.5 Å². The third kappa shape index (κ3) is 5.62. The van der Waals surface area contributed by atoms with Crippen LogP contribution in [0.1, 0.15) is 24.1 Å². The van der Waals surface area contributed by atoms with Crippen molar-refractivity contribution in [2.24, 2.45) is 4.99 Å². The van der Waals surface area contributed by atoms with E-state index in [4.69, 9.17) is 24.5 Å². The monoisotopic (exact) mass is 566 g/mol. The molecule has 1 atom stereocenters. The lowest BCUT2D eigenvalue weighted by Gasteiger charge is -2.26. The minimum atomic E-state index is -0.806. The van der Waals surface area contributed by atoms with Gasteiger partial charge >= 0.3 is 0 Å². The highest BCUT2D eigenvalue weighted by atomic mass is 32.1. The molecule has 0 saturated carbocycles. The Kier molecular flexibility index (Phi) is 7.99. The summed E-state index contributed by atoms with van der Waals surface area (Å²) in [6.07, 6.45) is 1.77. The Morgan fingerprint density at radius 3 is 2.49 bits per heavy atom. The molecule has 5 rings (SSSR count). The number of aromatic nitrogens is 1. The largest absolute Gasteiger partial charge is 0.497 e. The molecule has 9 nitrogen and oxygen atoms in total. The van der Waals surface area contributed by atoms with Gasteiger partial charge in [-0.25, -0.2) is 4.99 Å². The van der Waals surface area contributed by atoms with Gasteiger partial charge in [0.1, 0.15) is 29.4 Å². The number of carbonyl (C=O) groups excluding carboxylic acids is 1. The van der Waals surface area contributed by atoms with Gasteiger partial charge in [-0.3, -0.25) is 14.2 Å². The fourth-order valence-electron chi connectivity index (χ4n) is 4.60. The second-order valence-electron chi connectivity index (χ2n) is 9.03. The van der Waals surface area contributed by atoms with Crippen molar-refractivity contribution in [3.63, 3.8) is 0 Å². The first-order valence-corrected chi connectivity index (χ1v) is 13.5. The van der Waals surface area contributed by atoms with Crippen molar-refractivity contribution in [2.45, 2.75) is 13.0 Å². The highest BCUT2D eigenvalue weighted by Gasteiger charge is 2.34. The highest BCUT2D eigenvalue weighted by molar-refractivity contribution is 7.07. The molecule has 0 aliphatic carbocycles. The lowest BCUT2D eigenvalue weighted by Crippen LogP contribution is -2.40. The van der Waals surface area contributed by atoms with Crippen molar-refractivity contribution in [1.29, 1.82) is 5.26 Å². The van der Waals surface area contributed by atoms with Crippen LogP contribution in [-0.4, -0.2) is 31.3 Å². The molecule has 1 aromatic heterocycles. The van der Waals surface area contributed by atoms with Gasteiger partial charge in [0.05, 0.1) is 30.0 Å². The second-order valence-corrected chi connectivity index (χ2v) is 10.0. The summed E-state index contributed by atoms with van der Waals surface area (Å²) < 4.78 is 18.4. The number of nitrogens with zero attached hydrogens (tertiary/aromatic N) is 3. The summed E-state index contributed by atoms with van der Waals surface area (Å²) in [4.78, 5) is 32.9. The number of nitrogens with one attached hydrogen (secondary N) is 1. The lowest BCUT2D eigenvalue weighted by molar-refractivity contribution is -0.113. The molecule has 2 heterocycles. The molecule has 10 heteroatoms. The SMILES string of the molecule is COc1ccc([C@@H]2C(C(=O)Nc3ccccc3)=C(C)N=c3s/c(=C\c4ccc(OCC#N)cc4)c(=O)n32)c(OC)c1. The molecule has 0 unspecified atom stereocenters. The standard InChI is InChI=1S/C31H26N4O5S/c1-19-27(29(36)34-21-7-5-4-6-8-21)28(24-14-13-23(38-2)18-25(24)39-3)35-30(37)26(41-31(35)33-19)17-20-9-11-22(12-10-20)40-16-15-32/h4-14,17-18,28H,16H2,1-3H3,(H,34,36)/b26-17-/t28-/m1/s1. The molecular weight excluding hydrogens is 540 g/mol. The molecule has 4 aromatic rings. The first-order chi connectivity index (χ1) is 19.9. The van der Waals surface area contributed by atoms with Crippen LogP contribution < -0.4 is 34.4 Å². The number of hydrogen-bond acceptors (Lipinski definition) is 8. The lowest BCUT2D eigenvalue weighted by atomic mass is 9.94. The van der Waals surface area contributed by atoms with E-state index in [1.165, 1.54) is 23.0 Å². The Bertz CT molecular complexity index is 1850. The molecule has 3 aromatic carbocycles. The molecule has 0 radical (unpaired) electrons. The van der Waals surface area contributed by atoms with E-state index in [2.05, 4.69) is 5.32 Å². The van der Waals surface area contributed by atoms with Gasteiger partial charge in [-0.05, 0) is 55.0 Å². The summed E-state index contributed by atoms with van der Waals surface area (Å²) >= 11 is 1.24. The molecule has 1 aliphatic rings. The molecule has 0 bridgehead atoms. The molecule has 1 aliphatic heterocycles. The Hall–Kier alpha value is -5.14. The maximum atomic E-state index is 14.0. The van der Waals surface area contributed by atoms with Crippen LogP contribution in [0.15, 0.2) is 93.9 Å². The van der Waals surface area contributed by atoms with Crippen LogP contribution in [0, 0.1) is 11.3 Å². The van der Waals surface area contributed by atoms with Crippen LogP contribution in [0.3, 0.4) is 0 Å². The van der Waals surface area contributed by atoms with Gasteiger partial charge in [-0.15, -0.1) is 0 Å². The van der Waals surface area contributed by atoms with E-state index in [0.29, 0.717) is 49.1 Å². The Morgan fingerprint density at radius 2 is 1.80 bits per heavy atom. The van der Waals surface area contributed by atoms with Gasteiger partial charge in [0.2, 0.25) is 0 Å². The molecule has 0 fully saturated rings. The number of allylic oxidation sites excluding steroid dienone is 1. The molecular formula is C31H26N4O5S. The topological polar surface area (TPSA) is 115 Å². The molecule has 0 spiro atoms. The zero-order chi connectivity index (χ0) is 28.9. The molecule has 1 amide bonds. The average molecular weight is 567 g/mol. The molecule has 206 valence electrons. The van der Waals surface area contributed by atoms with Crippen LogP contribution in [0.2, 0.25) is 0 Å².